The first kappa shape index (κ1) is 14.3. The summed E-state index contributed by atoms with van der Waals surface area (Å²) in [5.74, 6) is 0.764. The lowest BCUT2D eigenvalue weighted by molar-refractivity contribution is 0.688. The van der Waals surface area contributed by atoms with Crippen LogP contribution in [0.5, 0.6) is 0 Å². The van der Waals surface area contributed by atoms with Crippen molar-refractivity contribution >= 4 is 16.5 Å². The number of hydrogen-bond donors (Lipinski definition) is 1. The van der Waals surface area contributed by atoms with Gasteiger partial charge in [-0.3, -0.25) is 0 Å². The Hall–Kier alpha value is -0.610. The van der Waals surface area contributed by atoms with Gasteiger partial charge in [0.2, 0.25) is 0 Å². The van der Waals surface area contributed by atoms with Crippen molar-refractivity contribution in [2.75, 3.05) is 18.5 Å². The summed E-state index contributed by atoms with van der Waals surface area (Å²) in [7, 11) is 2.20. The molecule has 2 saturated carbocycles. The van der Waals surface area contributed by atoms with E-state index in [9.17, 15) is 0 Å². The molecule has 2 fully saturated rings. The zero-order valence-electron chi connectivity index (χ0n) is 12.8. The van der Waals surface area contributed by atoms with Gasteiger partial charge in [-0.2, -0.15) is 0 Å². The first-order valence-corrected chi connectivity index (χ1v) is 9.03. The van der Waals surface area contributed by atoms with Crippen LogP contribution < -0.4 is 10.2 Å². The Morgan fingerprint density at radius 1 is 1.25 bits per heavy atom. The molecular formula is C16H27N3S. The Kier molecular flexibility index (Phi) is 4.61. The molecular weight excluding hydrogens is 266 g/mol. The number of nitrogens with one attached hydrogen (secondary N) is 1. The van der Waals surface area contributed by atoms with Gasteiger partial charge in [0.25, 0.3) is 0 Å². The molecule has 0 unspecified atom stereocenters. The lowest BCUT2D eigenvalue weighted by Gasteiger charge is -2.14. The van der Waals surface area contributed by atoms with Gasteiger partial charge in [0.1, 0.15) is 0 Å². The van der Waals surface area contributed by atoms with Crippen LogP contribution in [0.25, 0.3) is 0 Å². The highest BCUT2D eigenvalue weighted by molar-refractivity contribution is 7.15. The monoisotopic (exact) mass is 293 g/mol. The standard InChI is InChI=1S/C16H27N3S/c1-3-4-5-10-19(2)16-18-15(12-6-7-12)14(20-16)11-17-13-8-9-13/h12-13,17H,3-11H2,1-2H3. The minimum absolute atomic E-state index is 0.764. The van der Waals surface area contributed by atoms with Crippen LogP contribution >= 0.6 is 11.3 Å². The highest BCUT2D eigenvalue weighted by atomic mass is 32.1. The molecule has 2 aliphatic rings. The van der Waals surface area contributed by atoms with Gasteiger partial charge in [0.05, 0.1) is 5.69 Å². The van der Waals surface area contributed by atoms with E-state index in [2.05, 4.69) is 24.2 Å². The first-order valence-electron chi connectivity index (χ1n) is 8.22. The lowest BCUT2D eigenvalue weighted by atomic mass is 10.2. The van der Waals surface area contributed by atoms with Crippen molar-refractivity contribution in [3.05, 3.63) is 10.6 Å². The van der Waals surface area contributed by atoms with Crippen molar-refractivity contribution in [1.82, 2.24) is 10.3 Å². The minimum atomic E-state index is 0.764. The normalized spacial score (nSPS) is 18.5. The van der Waals surface area contributed by atoms with E-state index in [0.717, 1.165) is 25.0 Å². The fourth-order valence-electron chi connectivity index (χ4n) is 2.54. The largest absolute Gasteiger partial charge is 0.351 e. The van der Waals surface area contributed by atoms with Gasteiger partial charge < -0.3 is 10.2 Å². The molecule has 0 aliphatic heterocycles. The second-order valence-corrected chi connectivity index (χ2v) is 7.43. The third-order valence-electron chi connectivity index (χ3n) is 4.23. The molecule has 112 valence electrons. The van der Waals surface area contributed by atoms with E-state index in [0.29, 0.717) is 0 Å². The quantitative estimate of drug-likeness (QED) is 0.700. The summed E-state index contributed by atoms with van der Waals surface area (Å²) in [6, 6.07) is 0.787. The second-order valence-electron chi connectivity index (χ2n) is 6.36. The maximum absolute atomic E-state index is 4.95. The molecule has 0 spiro atoms. The number of nitrogens with zero attached hydrogens (tertiary/aromatic N) is 2. The van der Waals surface area contributed by atoms with Crippen LogP contribution in [0.3, 0.4) is 0 Å². The van der Waals surface area contributed by atoms with E-state index >= 15 is 0 Å². The lowest BCUT2D eigenvalue weighted by Crippen LogP contribution is -2.18. The van der Waals surface area contributed by atoms with Crippen LogP contribution in [-0.4, -0.2) is 24.6 Å². The molecule has 20 heavy (non-hydrogen) atoms. The number of rotatable bonds is 9. The van der Waals surface area contributed by atoms with E-state index in [1.807, 2.05) is 11.3 Å². The van der Waals surface area contributed by atoms with Crippen LogP contribution in [0.1, 0.15) is 68.4 Å². The smallest absolute Gasteiger partial charge is 0.185 e. The summed E-state index contributed by atoms with van der Waals surface area (Å²) in [4.78, 5) is 8.80. The Balaban J connectivity index is 1.62. The van der Waals surface area contributed by atoms with Crippen molar-refractivity contribution in [3.8, 4) is 0 Å². The molecule has 2 aliphatic carbocycles. The fourth-order valence-corrected chi connectivity index (χ4v) is 3.62. The average molecular weight is 293 g/mol. The predicted octanol–water partition coefficient (Wildman–Crippen LogP) is 3.90. The topological polar surface area (TPSA) is 28.2 Å². The van der Waals surface area contributed by atoms with E-state index in [1.54, 1.807) is 0 Å². The fraction of sp³-hybridized carbons (Fsp3) is 0.812. The van der Waals surface area contributed by atoms with Gasteiger partial charge in [-0.15, -0.1) is 11.3 Å². The number of anilines is 1. The summed E-state index contributed by atoms with van der Waals surface area (Å²) in [6.45, 7) is 4.44. The second kappa shape index (κ2) is 6.44. The van der Waals surface area contributed by atoms with Crippen molar-refractivity contribution in [1.29, 1.82) is 0 Å². The van der Waals surface area contributed by atoms with Crippen molar-refractivity contribution in [2.24, 2.45) is 0 Å². The van der Waals surface area contributed by atoms with E-state index in [4.69, 9.17) is 4.98 Å². The zero-order chi connectivity index (χ0) is 13.9. The van der Waals surface area contributed by atoms with Gasteiger partial charge in [-0.25, -0.2) is 4.98 Å². The molecule has 3 rings (SSSR count). The summed E-state index contributed by atoms with van der Waals surface area (Å²) < 4.78 is 0. The maximum Gasteiger partial charge on any atom is 0.185 e. The summed E-state index contributed by atoms with van der Waals surface area (Å²) >= 11 is 1.92. The number of hydrogen-bond acceptors (Lipinski definition) is 4. The van der Waals surface area contributed by atoms with E-state index in [1.165, 1.54) is 60.6 Å². The molecule has 0 bridgehead atoms. The van der Waals surface area contributed by atoms with Crippen LogP contribution in [0.15, 0.2) is 0 Å². The molecule has 1 aromatic heterocycles. The molecule has 1 heterocycles. The van der Waals surface area contributed by atoms with Crippen LogP contribution in [0, 0.1) is 0 Å². The zero-order valence-corrected chi connectivity index (χ0v) is 13.6. The summed E-state index contributed by atoms with van der Waals surface area (Å²) in [6.07, 6.45) is 9.30. The molecule has 0 amide bonds. The molecule has 1 N–H and O–H groups in total. The number of unbranched alkanes of at least 4 members (excludes halogenated alkanes) is 2. The summed E-state index contributed by atoms with van der Waals surface area (Å²) in [5, 5.41) is 4.88. The first-order chi connectivity index (χ1) is 9.78. The van der Waals surface area contributed by atoms with Crippen LogP contribution in [0.2, 0.25) is 0 Å². The summed E-state index contributed by atoms with van der Waals surface area (Å²) in [5.41, 5.74) is 1.40. The van der Waals surface area contributed by atoms with Crippen LogP contribution in [0.4, 0.5) is 5.13 Å². The average Bonchev–Trinajstić information content (AvgIpc) is 3.36. The van der Waals surface area contributed by atoms with Gasteiger partial charge in [0.15, 0.2) is 5.13 Å². The molecule has 0 saturated heterocycles. The molecule has 1 aromatic rings. The SMILES string of the molecule is CCCCCN(C)c1nc(C2CC2)c(CNC2CC2)s1. The molecule has 3 nitrogen and oxygen atoms in total. The van der Waals surface area contributed by atoms with E-state index < -0.39 is 0 Å². The Labute approximate surface area is 126 Å². The Bertz CT molecular complexity index is 435. The van der Waals surface area contributed by atoms with Gasteiger partial charge in [-0.1, -0.05) is 19.8 Å². The molecule has 0 atom stereocenters. The van der Waals surface area contributed by atoms with Crippen molar-refractivity contribution in [2.45, 2.75) is 70.4 Å². The number of aromatic nitrogens is 1. The molecule has 4 heteroatoms. The number of thiazole rings is 1. The Morgan fingerprint density at radius 3 is 2.70 bits per heavy atom. The third kappa shape index (κ3) is 3.73. The van der Waals surface area contributed by atoms with Gasteiger partial charge >= 0.3 is 0 Å². The van der Waals surface area contributed by atoms with Gasteiger partial charge in [-0.05, 0) is 32.1 Å². The highest BCUT2D eigenvalue weighted by Crippen LogP contribution is 2.44. The third-order valence-corrected chi connectivity index (χ3v) is 5.42. The molecule has 0 aromatic carbocycles. The van der Waals surface area contributed by atoms with Crippen LogP contribution in [-0.2, 0) is 6.54 Å². The predicted molar refractivity (Wildman–Crippen MR) is 86.7 cm³/mol. The highest BCUT2D eigenvalue weighted by Gasteiger charge is 2.31. The molecule has 0 radical (unpaired) electrons. The van der Waals surface area contributed by atoms with Crippen molar-refractivity contribution in [3.63, 3.8) is 0 Å². The van der Waals surface area contributed by atoms with Gasteiger partial charge in [0, 0.05) is 37.0 Å². The van der Waals surface area contributed by atoms with E-state index in [-0.39, 0.29) is 0 Å². The minimum Gasteiger partial charge on any atom is -0.351 e. The van der Waals surface area contributed by atoms with Crippen molar-refractivity contribution < 1.29 is 0 Å². The maximum atomic E-state index is 4.95. The Morgan fingerprint density at radius 2 is 2.05 bits per heavy atom.